The Morgan fingerprint density at radius 3 is 2.43 bits per heavy atom. The van der Waals surface area contributed by atoms with Crippen LogP contribution in [0.5, 0.6) is 0 Å². The lowest BCUT2D eigenvalue weighted by Gasteiger charge is -2.17. The van der Waals surface area contributed by atoms with Gasteiger partial charge in [0.15, 0.2) is 0 Å². The first-order valence-corrected chi connectivity index (χ1v) is 4.95. The van der Waals surface area contributed by atoms with Crippen molar-refractivity contribution in [1.29, 1.82) is 0 Å². The van der Waals surface area contributed by atoms with Crippen molar-refractivity contribution in [3.8, 4) is 0 Å². The van der Waals surface area contributed by atoms with Crippen LogP contribution in [0.1, 0.15) is 33.1 Å². The summed E-state index contributed by atoms with van der Waals surface area (Å²) in [7, 11) is 1.71. The van der Waals surface area contributed by atoms with Crippen molar-refractivity contribution in [2.24, 2.45) is 5.92 Å². The van der Waals surface area contributed by atoms with Gasteiger partial charge >= 0.3 is 5.97 Å². The van der Waals surface area contributed by atoms with Gasteiger partial charge in [-0.3, -0.25) is 9.59 Å². The third kappa shape index (κ3) is 4.84. The lowest BCUT2D eigenvalue weighted by atomic mass is 10.1. The fourth-order valence-electron chi connectivity index (χ4n) is 1.03. The first-order valence-electron chi connectivity index (χ1n) is 4.95. The highest BCUT2D eigenvalue weighted by Gasteiger charge is 2.17. The van der Waals surface area contributed by atoms with E-state index >= 15 is 0 Å². The van der Waals surface area contributed by atoms with Crippen LogP contribution < -0.4 is 0 Å². The normalized spacial score (nSPS) is 12.2. The number of unbranched alkanes of at least 4 members (excludes halogenated alkanes) is 1. The summed E-state index contributed by atoms with van der Waals surface area (Å²) in [6.07, 6.45) is 2.09. The summed E-state index contributed by atoms with van der Waals surface area (Å²) in [6, 6.07) is 0. The Morgan fingerprint density at radius 1 is 1.43 bits per heavy atom. The van der Waals surface area contributed by atoms with Crippen LogP contribution in [0, 0.1) is 5.92 Å². The predicted octanol–water partition coefficient (Wildman–Crippen LogP) is 1.36. The van der Waals surface area contributed by atoms with Crippen molar-refractivity contribution in [2.75, 3.05) is 13.6 Å². The molecule has 0 saturated heterocycles. The minimum atomic E-state index is -0.915. The molecule has 0 heterocycles. The minimum Gasteiger partial charge on any atom is -0.481 e. The maximum Gasteiger partial charge on any atom is 0.306 e. The predicted molar refractivity (Wildman–Crippen MR) is 54.0 cm³/mol. The lowest BCUT2D eigenvalue weighted by Crippen LogP contribution is -2.30. The summed E-state index contributed by atoms with van der Waals surface area (Å²) >= 11 is 0. The number of aliphatic carboxylic acids is 1. The van der Waals surface area contributed by atoms with Gasteiger partial charge in [-0.25, -0.2) is 0 Å². The van der Waals surface area contributed by atoms with E-state index in [9.17, 15) is 9.59 Å². The maximum atomic E-state index is 11.4. The van der Waals surface area contributed by atoms with Gasteiger partial charge in [-0.15, -0.1) is 0 Å². The molecule has 4 nitrogen and oxygen atoms in total. The van der Waals surface area contributed by atoms with Crippen LogP contribution in [0.3, 0.4) is 0 Å². The molecule has 14 heavy (non-hydrogen) atoms. The first-order chi connectivity index (χ1) is 6.49. The molecule has 0 aliphatic carbocycles. The van der Waals surface area contributed by atoms with Gasteiger partial charge in [0.2, 0.25) is 5.91 Å². The molecule has 0 fully saturated rings. The van der Waals surface area contributed by atoms with Crippen molar-refractivity contribution in [2.45, 2.75) is 33.1 Å². The standard InChI is InChI=1S/C10H19NO3/c1-4-5-6-11(3)9(12)7-8(2)10(13)14/h8H,4-7H2,1-3H3,(H,13,14). The molecular formula is C10H19NO3. The molecular weight excluding hydrogens is 182 g/mol. The fourth-order valence-corrected chi connectivity index (χ4v) is 1.03. The number of nitrogens with zero attached hydrogens (tertiary/aromatic N) is 1. The third-order valence-electron chi connectivity index (χ3n) is 2.18. The summed E-state index contributed by atoms with van der Waals surface area (Å²) in [6.45, 7) is 4.31. The van der Waals surface area contributed by atoms with Gasteiger partial charge in [0.25, 0.3) is 0 Å². The highest BCUT2D eigenvalue weighted by molar-refractivity contribution is 5.81. The number of hydrogen-bond donors (Lipinski definition) is 1. The van der Waals surface area contributed by atoms with E-state index in [0.29, 0.717) is 6.54 Å². The van der Waals surface area contributed by atoms with E-state index < -0.39 is 11.9 Å². The minimum absolute atomic E-state index is 0.0895. The molecule has 0 saturated carbocycles. The molecule has 0 aromatic carbocycles. The van der Waals surface area contributed by atoms with Crippen molar-refractivity contribution >= 4 is 11.9 Å². The number of amides is 1. The molecule has 0 rings (SSSR count). The maximum absolute atomic E-state index is 11.4. The topological polar surface area (TPSA) is 57.6 Å². The summed E-state index contributed by atoms with van der Waals surface area (Å²) < 4.78 is 0. The van der Waals surface area contributed by atoms with Gasteiger partial charge < -0.3 is 10.0 Å². The zero-order valence-electron chi connectivity index (χ0n) is 9.12. The summed E-state index contributed by atoms with van der Waals surface area (Å²) in [5.74, 6) is -1.60. The lowest BCUT2D eigenvalue weighted by molar-refractivity contribution is -0.145. The Morgan fingerprint density at radius 2 is 2.00 bits per heavy atom. The molecule has 1 atom stereocenters. The Kier molecular flexibility index (Phi) is 5.92. The average Bonchev–Trinajstić information content (AvgIpc) is 2.13. The average molecular weight is 201 g/mol. The SMILES string of the molecule is CCCCN(C)C(=O)CC(C)C(=O)O. The number of carboxylic acid groups (broad SMARTS) is 1. The van der Waals surface area contributed by atoms with Gasteiger partial charge in [-0.05, 0) is 6.42 Å². The molecule has 4 heteroatoms. The molecule has 0 aromatic rings. The molecule has 1 amide bonds. The van der Waals surface area contributed by atoms with Crippen LogP contribution in [0.2, 0.25) is 0 Å². The zero-order chi connectivity index (χ0) is 11.1. The molecule has 82 valence electrons. The van der Waals surface area contributed by atoms with Gasteiger partial charge in [0, 0.05) is 20.0 Å². The summed E-state index contributed by atoms with van der Waals surface area (Å²) in [5.41, 5.74) is 0. The highest BCUT2D eigenvalue weighted by atomic mass is 16.4. The van der Waals surface area contributed by atoms with Crippen LogP contribution in [0.25, 0.3) is 0 Å². The van der Waals surface area contributed by atoms with E-state index in [2.05, 4.69) is 6.92 Å². The van der Waals surface area contributed by atoms with E-state index in [4.69, 9.17) is 5.11 Å². The summed E-state index contributed by atoms with van der Waals surface area (Å²) in [5, 5.41) is 8.62. The smallest absolute Gasteiger partial charge is 0.306 e. The summed E-state index contributed by atoms with van der Waals surface area (Å²) in [4.78, 5) is 23.5. The van der Waals surface area contributed by atoms with E-state index in [-0.39, 0.29) is 12.3 Å². The van der Waals surface area contributed by atoms with E-state index in [1.807, 2.05) is 0 Å². The first kappa shape index (κ1) is 12.9. The van der Waals surface area contributed by atoms with Gasteiger partial charge in [0.05, 0.1) is 5.92 Å². The quantitative estimate of drug-likeness (QED) is 0.705. The molecule has 0 aliphatic heterocycles. The second-order valence-electron chi connectivity index (χ2n) is 3.61. The number of hydrogen-bond acceptors (Lipinski definition) is 2. The van der Waals surface area contributed by atoms with Crippen molar-refractivity contribution in [1.82, 2.24) is 4.90 Å². The monoisotopic (exact) mass is 201 g/mol. The Balaban J connectivity index is 3.88. The van der Waals surface area contributed by atoms with Crippen LogP contribution >= 0.6 is 0 Å². The highest BCUT2D eigenvalue weighted by Crippen LogP contribution is 2.05. The molecule has 0 bridgehead atoms. The molecule has 0 spiro atoms. The van der Waals surface area contributed by atoms with Gasteiger partial charge in [0.1, 0.15) is 0 Å². The van der Waals surface area contributed by atoms with Gasteiger partial charge in [-0.1, -0.05) is 20.3 Å². The van der Waals surface area contributed by atoms with Crippen LogP contribution in [0.4, 0.5) is 0 Å². The van der Waals surface area contributed by atoms with E-state index in [0.717, 1.165) is 12.8 Å². The molecule has 0 aliphatic rings. The molecule has 1 unspecified atom stereocenters. The Labute approximate surface area is 84.9 Å². The largest absolute Gasteiger partial charge is 0.481 e. The number of carboxylic acids is 1. The van der Waals surface area contributed by atoms with Gasteiger partial charge in [-0.2, -0.15) is 0 Å². The molecule has 0 radical (unpaired) electrons. The molecule has 1 N–H and O–H groups in total. The number of carbonyl (C=O) groups excluding carboxylic acids is 1. The zero-order valence-corrected chi connectivity index (χ0v) is 9.12. The van der Waals surface area contributed by atoms with E-state index in [1.54, 1.807) is 18.9 Å². The van der Waals surface area contributed by atoms with E-state index in [1.165, 1.54) is 0 Å². The Bertz CT molecular complexity index is 204. The second kappa shape index (κ2) is 6.40. The number of rotatable bonds is 6. The van der Waals surface area contributed by atoms with Crippen LogP contribution in [-0.2, 0) is 9.59 Å². The molecule has 0 aromatic heterocycles. The van der Waals surface area contributed by atoms with Crippen LogP contribution in [0.15, 0.2) is 0 Å². The second-order valence-corrected chi connectivity index (χ2v) is 3.61. The Hall–Kier alpha value is -1.06. The van der Waals surface area contributed by atoms with Crippen LogP contribution in [-0.4, -0.2) is 35.5 Å². The number of carbonyl (C=O) groups is 2. The third-order valence-corrected chi connectivity index (χ3v) is 2.18. The van der Waals surface area contributed by atoms with Crippen molar-refractivity contribution in [3.05, 3.63) is 0 Å². The van der Waals surface area contributed by atoms with Crippen molar-refractivity contribution in [3.63, 3.8) is 0 Å². The fraction of sp³-hybridized carbons (Fsp3) is 0.800. The van der Waals surface area contributed by atoms with Crippen molar-refractivity contribution < 1.29 is 14.7 Å².